The Kier molecular flexibility index (Phi) is 5.40. The van der Waals surface area contributed by atoms with E-state index in [4.69, 9.17) is 0 Å². The van der Waals surface area contributed by atoms with Crippen molar-refractivity contribution in [2.45, 2.75) is 12.1 Å². The van der Waals surface area contributed by atoms with Crippen molar-refractivity contribution in [2.75, 3.05) is 6.61 Å². The van der Waals surface area contributed by atoms with Crippen molar-refractivity contribution in [1.82, 2.24) is 0 Å². The number of benzene rings is 2. The Labute approximate surface area is 132 Å². The molecule has 0 saturated heterocycles. The number of para-hydroxylation sites is 1. The Morgan fingerprint density at radius 2 is 1.87 bits per heavy atom. The highest BCUT2D eigenvalue weighted by molar-refractivity contribution is 5.85. The van der Waals surface area contributed by atoms with Crippen LogP contribution in [0.25, 0.3) is 0 Å². The molecule has 2 aromatic carbocycles. The van der Waals surface area contributed by atoms with Gasteiger partial charge in [-0.05, 0) is 11.6 Å². The van der Waals surface area contributed by atoms with Crippen LogP contribution >= 0.6 is 0 Å². The number of rotatable bonds is 6. The monoisotopic (exact) mass is 316 g/mol. The smallest absolute Gasteiger partial charge is 0.311 e. The largest absolute Gasteiger partial charge is 0.502 e. The van der Waals surface area contributed by atoms with Crippen LogP contribution in [0.2, 0.25) is 0 Å². The van der Waals surface area contributed by atoms with E-state index in [2.05, 4.69) is 4.99 Å². The molecule has 2 rings (SSSR count). The molecule has 0 unspecified atom stereocenters. The number of aliphatic hydroxyl groups excluding tert-OH is 2. The second-order valence-electron chi connectivity index (χ2n) is 4.86. The van der Waals surface area contributed by atoms with Crippen LogP contribution in [0.4, 0.5) is 5.69 Å². The molecular formula is C16H16N2O5. The van der Waals surface area contributed by atoms with E-state index in [1.165, 1.54) is 24.4 Å². The lowest BCUT2D eigenvalue weighted by molar-refractivity contribution is -0.385. The maximum atomic E-state index is 10.8. The third-order valence-electron chi connectivity index (χ3n) is 3.34. The van der Waals surface area contributed by atoms with E-state index in [1.807, 2.05) is 0 Å². The molecule has 7 nitrogen and oxygen atoms in total. The average Bonchev–Trinajstić information content (AvgIpc) is 2.57. The van der Waals surface area contributed by atoms with Gasteiger partial charge in [0.1, 0.15) is 12.1 Å². The van der Waals surface area contributed by atoms with E-state index in [9.17, 15) is 25.4 Å². The van der Waals surface area contributed by atoms with Crippen LogP contribution in [0.1, 0.15) is 17.2 Å². The quantitative estimate of drug-likeness (QED) is 0.427. The highest BCUT2D eigenvalue weighted by Gasteiger charge is 2.20. The number of nitro benzene ring substituents is 1. The first-order valence-corrected chi connectivity index (χ1v) is 6.88. The lowest BCUT2D eigenvalue weighted by atomic mass is 10.0. The molecule has 2 aromatic rings. The molecule has 2 atom stereocenters. The van der Waals surface area contributed by atoms with Crippen molar-refractivity contribution in [3.8, 4) is 5.75 Å². The molecule has 0 spiro atoms. The maximum absolute atomic E-state index is 10.8. The van der Waals surface area contributed by atoms with Gasteiger partial charge in [0.05, 0.1) is 11.5 Å². The zero-order valence-corrected chi connectivity index (χ0v) is 12.1. The molecule has 120 valence electrons. The average molecular weight is 316 g/mol. The van der Waals surface area contributed by atoms with Crippen molar-refractivity contribution in [3.63, 3.8) is 0 Å². The molecule has 0 aliphatic rings. The van der Waals surface area contributed by atoms with Crippen LogP contribution < -0.4 is 0 Å². The summed E-state index contributed by atoms with van der Waals surface area (Å²) in [4.78, 5) is 14.1. The summed E-state index contributed by atoms with van der Waals surface area (Å²) in [5.41, 5.74) is 0.294. The third kappa shape index (κ3) is 3.91. The number of nitro groups is 1. The van der Waals surface area contributed by atoms with Gasteiger partial charge in [0.2, 0.25) is 5.75 Å². The summed E-state index contributed by atoms with van der Waals surface area (Å²) in [6.07, 6.45) is 0.174. The normalized spacial score (nSPS) is 13.8. The zero-order chi connectivity index (χ0) is 16.8. The minimum absolute atomic E-state index is 0.137. The van der Waals surface area contributed by atoms with Crippen LogP contribution in [0, 0.1) is 10.1 Å². The van der Waals surface area contributed by atoms with Gasteiger partial charge in [-0.2, -0.15) is 0 Å². The second kappa shape index (κ2) is 7.48. The van der Waals surface area contributed by atoms with Crippen LogP contribution in [0.3, 0.4) is 0 Å². The Morgan fingerprint density at radius 1 is 1.17 bits per heavy atom. The summed E-state index contributed by atoms with van der Waals surface area (Å²) in [6, 6.07) is 11.9. The second-order valence-corrected chi connectivity index (χ2v) is 4.86. The first kappa shape index (κ1) is 16.6. The third-order valence-corrected chi connectivity index (χ3v) is 3.34. The first-order valence-electron chi connectivity index (χ1n) is 6.88. The standard InChI is InChI=1S/C16H16N2O5/c19-10-13(15(20)11-5-2-1-3-6-11)17-9-12-7-4-8-14(16(12)21)18(22)23/h1-9,13,15,19-21H,10H2/t13-,15-/m0/s1. The fourth-order valence-electron chi connectivity index (χ4n) is 2.08. The summed E-state index contributed by atoms with van der Waals surface area (Å²) in [5.74, 6) is -0.507. The first-order chi connectivity index (χ1) is 11.0. The molecule has 0 aliphatic heterocycles. The maximum Gasteiger partial charge on any atom is 0.311 e. The number of hydrogen-bond donors (Lipinski definition) is 3. The van der Waals surface area contributed by atoms with E-state index < -0.39 is 35.1 Å². The van der Waals surface area contributed by atoms with Crippen LogP contribution in [-0.2, 0) is 0 Å². The Balaban J connectivity index is 2.24. The minimum atomic E-state index is -1.03. The number of nitrogens with zero attached hydrogens (tertiary/aromatic N) is 2. The number of aromatic hydroxyl groups is 1. The van der Waals surface area contributed by atoms with E-state index in [0.717, 1.165) is 0 Å². The van der Waals surface area contributed by atoms with Gasteiger partial charge in [0.25, 0.3) is 0 Å². The van der Waals surface area contributed by atoms with Gasteiger partial charge in [0.15, 0.2) is 0 Å². The number of phenolic OH excluding ortho intramolecular Hbond substituents is 1. The van der Waals surface area contributed by atoms with Crippen molar-refractivity contribution < 1.29 is 20.2 Å². The molecule has 0 aromatic heterocycles. The lowest BCUT2D eigenvalue weighted by Gasteiger charge is -2.17. The predicted molar refractivity (Wildman–Crippen MR) is 84.6 cm³/mol. The predicted octanol–water partition coefficient (Wildman–Crippen LogP) is 1.81. The van der Waals surface area contributed by atoms with Crippen LogP contribution in [0.5, 0.6) is 5.75 Å². The molecule has 0 fully saturated rings. The lowest BCUT2D eigenvalue weighted by Crippen LogP contribution is -2.21. The van der Waals surface area contributed by atoms with E-state index in [1.54, 1.807) is 30.3 Å². The summed E-state index contributed by atoms with van der Waals surface area (Å²) < 4.78 is 0. The van der Waals surface area contributed by atoms with Crippen molar-refractivity contribution >= 4 is 11.9 Å². The van der Waals surface area contributed by atoms with Crippen molar-refractivity contribution in [3.05, 3.63) is 69.8 Å². The van der Waals surface area contributed by atoms with Crippen molar-refractivity contribution in [2.24, 2.45) is 4.99 Å². The number of hydrogen-bond acceptors (Lipinski definition) is 6. The summed E-state index contributed by atoms with van der Waals surface area (Å²) in [7, 11) is 0. The Bertz CT molecular complexity index is 703. The van der Waals surface area contributed by atoms with Gasteiger partial charge in [0, 0.05) is 17.8 Å². The molecule has 23 heavy (non-hydrogen) atoms. The fourth-order valence-corrected chi connectivity index (χ4v) is 2.08. The molecule has 0 amide bonds. The highest BCUT2D eigenvalue weighted by atomic mass is 16.6. The van der Waals surface area contributed by atoms with Gasteiger partial charge in [-0.3, -0.25) is 15.1 Å². The highest BCUT2D eigenvalue weighted by Crippen LogP contribution is 2.28. The number of aliphatic hydroxyl groups is 2. The van der Waals surface area contributed by atoms with Gasteiger partial charge >= 0.3 is 5.69 Å². The molecule has 0 aliphatic carbocycles. The fraction of sp³-hybridized carbons (Fsp3) is 0.188. The van der Waals surface area contributed by atoms with Crippen molar-refractivity contribution in [1.29, 1.82) is 0 Å². The zero-order valence-electron chi connectivity index (χ0n) is 12.1. The number of phenols is 1. The molecule has 0 bridgehead atoms. The summed E-state index contributed by atoms with van der Waals surface area (Å²) in [5, 5.41) is 40.3. The van der Waals surface area contributed by atoms with E-state index in [0.29, 0.717) is 5.56 Å². The van der Waals surface area contributed by atoms with Gasteiger partial charge in [-0.15, -0.1) is 0 Å². The van der Waals surface area contributed by atoms with Crippen LogP contribution in [-0.4, -0.2) is 39.1 Å². The molecule has 3 N–H and O–H groups in total. The summed E-state index contributed by atoms with van der Waals surface area (Å²) >= 11 is 0. The topological polar surface area (TPSA) is 116 Å². The molecule has 7 heteroatoms. The van der Waals surface area contributed by atoms with Crippen LogP contribution in [0.15, 0.2) is 53.5 Å². The van der Waals surface area contributed by atoms with Gasteiger partial charge in [-0.1, -0.05) is 36.4 Å². The Hall–Kier alpha value is -2.77. The Morgan fingerprint density at radius 3 is 2.48 bits per heavy atom. The minimum Gasteiger partial charge on any atom is -0.502 e. The van der Waals surface area contributed by atoms with E-state index >= 15 is 0 Å². The van der Waals surface area contributed by atoms with E-state index in [-0.39, 0.29) is 5.56 Å². The van der Waals surface area contributed by atoms with Gasteiger partial charge < -0.3 is 15.3 Å². The molecule has 0 heterocycles. The molecule has 0 radical (unpaired) electrons. The molecular weight excluding hydrogens is 300 g/mol. The SMILES string of the molecule is O=[N+]([O-])c1cccc(C=N[C@@H](CO)[C@@H](O)c2ccccc2)c1O. The summed E-state index contributed by atoms with van der Waals surface area (Å²) in [6.45, 7) is -0.414. The molecule has 0 saturated carbocycles. The number of aliphatic imine (C=N–C) groups is 1. The van der Waals surface area contributed by atoms with Gasteiger partial charge in [-0.25, -0.2) is 0 Å².